The second-order valence-electron chi connectivity index (χ2n) is 4.86. The van der Waals surface area contributed by atoms with Gasteiger partial charge in [0.2, 0.25) is 5.96 Å². The van der Waals surface area contributed by atoms with Crippen molar-refractivity contribution in [3.63, 3.8) is 0 Å². The van der Waals surface area contributed by atoms with E-state index in [1.165, 1.54) is 22.5 Å². The van der Waals surface area contributed by atoms with Crippen LogP contribution in [0.15, 0.2) is 17.1 Å². The van der Waals surface area contributed by atoms with Gasteiger partial charge in [-0.15, -0.1) is 0 Å². The van der Waals surface area contributed by atoms with Gasteiger partial charge in [-0.2, -0.15) is 0 Å². The van der Waals surface area contributed by atoms with Crippen LogP contribution in [0.1, 0.15) is 24.5 Å². The van der Waals surface area contributed by atoms with Crippen LogP contribution >= 0.6 is 0 Å². The Labute approximate surface area is 119 Å². The number of aryl methyl sites for hydroxylation is 2. The molecule has 0 fully saturated rings. The third-order valence-electron chi connectivity index (χ3n) is 3.76. The van der Waals surface area contributed by atoms with Crippen LogP contribution in [0.4, 0.5) is 11.4 Å². The number of halogens is 1. The van der Waals surface area contributed by atoms with E-state index in [9.17, 15) is 0 Å². The summed E-state index contributed by atoms with van der Waals surface area (Å²) in [7, 11) is 0. The number of benzene rings is 1. The summed E-state index contributed by atoms with van der Waals surface area (Å²) in [4.78, 5) is 9.39. The van der Waals surface area contributed by atoms with Gasteiger partial charge < -0.3 is 26.8 Å². The summed E-state index contributed by atoms with van der Waals surface area (Å²) in [5, 5.41) is 0. The minimum Gasteiger partial charge on any atom is -1.00 e. The van der Waals surface area contributed by atoms with Crippen molar-refractivity contribution in [2.24, 2.45) is 4.99 Å². The van der Waals surface area contributed by atoms with E-state index in [4.69, 9.17) is 0 Å². The van der Waals surface area contributed by atoms with E-state index >= 15 is 0 Å². The van der Waals surface area contributed by atoms with E-state index in [1.807, 2.05) is 0 Å². The van der Waals surface area contributed by atoms with Crippen molar-refractivity contribution in [3.8, 4) is 0 Å². The molecular weight excluding hydrogens is 290 g/mol. The smallest absolute Gasteiger partial charge is 0.205 e. The number of nitrogens with zero attached hydrogens (tertiary/aromatic N) is 3. The standard InChI is InChI=1S/C14H19N3.BrH/c1-4-16-12-8-10(2)11(3)9-13(12)17-7-5-6-15-14(16)17;/h8-9H,4-7H2,1-3H3;1H/p-1. The second kappa shape index (κ2) is 4.92. The first-order valence-corrected chi connectivity index (χ1v) is 6.43. The lowest BCUT2D eigenvalue weighted by atomic mass is 10.1. The van der Waals surface area contributed by atoms with Gasteiger partial charge in [0.15, 0.2) is 0 Å². The summed E-state index contributed by atoms with van der Waals surface area (Å²) in [6.45, 7) is 9.62. The molecule has 0 aliphatic carbocycles. The van der Waals surface area contributed by atoms with E-state index in [0.29, 0.717) is 0 Å². The topological polar surface area (TPSA) is 18.8 Å². The molecule has 3 rings (SSSR count). The second-order valence-corrected chi connectivity index (χ2v) is 4.86. The number of fused-ring (bicyclic) bond motifs is 3. The summed E-state index contributed by atoms with van der Waals surface area (Å²) < 4.78 is 0. The normalized spacial score (nSPS) is 16.9. The molecule has 0 saturated heterocycles. The molecule has 3 nitrogen and oxygen atoms in total. The van der Waals surface area contributed by atoms with Gasteiger partial charge in [-0.05, 0) is 50.5 Å². The molecule has 0 amide bonds. The zero-order valence-corrected chi connectivity index (χ0v) is 12.8. The first-order chi connectivity index (χ1) is 8.22. The Bertz CT molecular complexity index is 475. The van der Waals surface area contributed by atoms with Crippen LogP contribution in [0.2, 0.25) is 0 Å². The molecule has 2 aliphatic heterocycles. The highest BCUT2D eigenvalue weighted by Crippen LogP contribution is 2.39. The van der Waals surface area contributed by atoms with E-state index in [-0.39, 0.29) is 17.0 Å². The molecule has 0 bridgehead atoms. The quantitative estimate of drug-likeness (QED) is 0.710. The molecule has 0 atom stereocenters. The van der Waals surface area contributed by atoms with Gasteiger partial charge in [-0.25, -0.2) is 0 Å². The van der Waals surface area contributed by atoms with Crippen LogP contribution in [-0.4, -0.2) is 25.6 Å². The number of anilines is 2. The van der Waals surface area contributed by atoms with E-state index < -0.39 is 0 Å². The molecule has 1 aromatic rings. The minimum atomic E-state index is 0. The predicted octanol–water partition coefficient (Wildman–Crippen LogP) is -0.287. The Hall–Kier alpha value is -1.03. The number of hydrogen-bond donors (Lipinski definition) is 0. The highest BCUT2D eigenvalue weighted by atomic mass is 79.9. The summed E-state index contributed by atoms with van der Waals surface area (Å²) in [5.41, 5.74) is 5.40. The van der Waals surface area contributed by atoms with Gasteiger partial charge in [0.25, 0.3) is 0 Å². The molecule has 4 heteroatoms. The average molecular weight is 309 g/mol. The van der Waals surface area contributed by atoms with Crippen molar-refractivity contribution in [3.05, 3.63) is 23.3 Å². The van der Waals surface area contributed by atoms with E-state index in [0.717, 1.165) is 32.0 Å². The highest BCUT2D eigenvalue weighted by molar-refractivity contribution is 6.16. The molecule has 2 aliphatic rings. The van der Waals surface area contributed by atoms with Crippen molar-refractivity contribution in [2.75, 3.05) is 29.4 Å². The lowest BCUT2D eigenvalue weighted by molar-refractivity contribution is -0.00000359. The van der Waals surface area contributed by atoms with Crippen LogP contribution in [0.3, 0.4) is 0 Å². The SMILES string of the molecule is CCN1C2=NCCCN2c2cc(C)c(C)cc21.[Br-]. The zero-order valence-electron chi connectivity index (χ0n) is 11.2. The van der Waals surface area contributed by atoms with Gasteiger partial charge in [-0.1, -0.05) is 0 Å². The fraction of sp³-hybridized carbons (Fsp3) is 0.500. The predicted molar refractivity (Wildman–Crippen MR) is 73.2 cm³/mol. The van der Waals surface area contributed by atoms with Gasteiger partial charge >= 0.3 is 0 Å². The number of hydrogen-bond acceptors (Lipinski definition) is 3. The molecule has 18 heavy (non-hydrogen) atoms. The third-order valence-corrected chi connectivity index (χ3v) is 3.76. The van der Waals surface area contributed by atoms with E-state index in [2.05, 4.69) is 47.7 Å². The van der Waals surface area contributed by atoms with Crippen LogP contribution in [0, 0.1) is 13.8 Å². The number of aliphatic imine (C=N–C) groups is 1. The fourth-order valence-corrected chi connectivity index (χ4v) is 2.69. The summed E-state index contributed by atoms with van der Waals surface area (Å²) in [6, 6.07) is 4.61. The monoisotopic (exact) mass is 308 g/mol. The Kier molecular flexibility index (Phi) is 3.66. The molecule has 0 unspecified atom stereocenters. The van der Waals surface area contributed by atoms with Crippen LogP contribution < -0.4 is 26.8 Å². The fourth-order valence-electron chi connectivity index (χ4n) is 2.69. The van der Waals surface area contributed by atoms with Crippen molar-refractivity contribution < 1.29 is 17.0 Å². The maximum absolute atomic E-state index is 4.69. The van der Waals surface area contributed by atoms with Gasteiger partial charge in [0, 0.05) is 19.6 Å². The van der Waals surface area contributed by atoms with Crippen molar-refractivity contribution in [1.29, 1.82) is 0 Å². The van der Waals surface area contributed by atoms with Crippen molar-refractivity contribution in [2.45, 2.75) is 27.2 Å². The molecule has 0 aromatic heterocycles. The summed E-state index contributed by atoms with van der Waals surface area (Å²) >= 11 is 0. The molecule has 0 saturated carbocycles. The maximum Gasteiger partial charge on any atom is 0.205 e. The van der Waals surface area contributed by atoms with Gasteiger partial charge in [0.1, 0.15) is 0 Å². The highest BCUT2D eigenvalue weighted by Gasteiger charge is 2.33. The molecule has 0 N–H and O–H groups in total. The maximum atomic E-state index is 4.69. The molecule has 2 heterocycles. The number of guanidine groups is 1. The van der Waals surface area contributed by atoms with Gasteiger partial charge in [-0.3, -0.25) is 4.99 Å². The Morgan fingerprint density at radius 2 is 1.83 bits per heavy atom. The molecule has 0 radical (unpaired) electrons. The molecule has 0 spiro atoms. The van der Waals surface area contributed by atoms with Crippen molar-refractivity contribution >= 4 is 17.3 Å². The molecular formula is C14H19BrN3-. The van der Waals surface area contributed by atoms with Crippen LogP contribution in [0.25, 0.3) is 0 Å². The number of rotatable bonds is 1. The Morgan fingerprint density at radius 1 is 1.17 bits per heavy atom. The third kappa shape index (κ3) is 1.83. The lowest BCUT2D eigenvalue weighted by Gasteiger charge is -2.26. The summed E-state index contributed by atoms with van der Waals surface area (Å²) in [5.74, 6) is 1.15. The Morgan fingerprint density at radius 3 is 2.50 bits per heavy atom. The molecule has 1 aromatic carbocycles. The average Bonchev–Trinajstić information content (AvgIpc) is 2.63. The largest absolute Gasteiger partial charge is 1.00 e. The first kappa shape index (κ1) is 13.4. The summed E-state index contributed by atoms with van der Waals surface area (Å²) in [6.07, 6.45) is 1.16. The van der Waals surface area contributed by atoms with Crippen molar-refractivity contribution in [1.82, 2.24) is 0 Å². The first-order valence-electron chi connectivity index (χ1n) is 6.43. The lowest BCUT2D eigenvalue weighted by Crippen LogP contribution is -3.00. The van der Waals surface area contributed by atoms with Crippen LogP contribution in [-0.2, 0) is 0 Å². The van der Waals surface area contributed by atoms with Crippen LogP contribution in [0.5, 0.6) is 0 Å². The van der Waals surface area contributed by atoms with Gasteiger partial charge in [0.05, 0.1) is 11.4 Å². The zero-order chi connectivity index (χ0) is 12.0. The van der Waals surface area contributed by atoms with E-state index in [1.54, 1.807) is 0 Å². The molecule has 98 valence electrons. The Balaban J connectivity index is 0.00000120. The minimum absolute atomic E-state index is 0.